The van der Waals surface area contributed by atoms with Gasteiger partial charge in [-0.15, -0.1) is 0 Å². The topological polar surface area (TPSA) is 43.8 Å². The largest absolute Gasteiger partial charge is 0.406 e. The predicted octanol–water partition coefficient (Wildman–Crippen LogP) is 5.49. The summed E-state index contributed by atoms with van der Waals surface area (Å²) in [6.07, 6.45) is -4.37. The predicted molar refractivity (Wildman–Crippen MR) is 90.8 cm³/mol. The smallest absolute Gasteiger partial charge is 0.324 e. The summed E-state index contributed by atoms with van der Waals surface area (Å²) in [5.41, 5.74) is 6.16. The molecule has 0 atom stereocenters. The fraction of sp³-hybridized carbons (Fsp3) is 0.400. The molecule has 1 aromatic carbocycles. The van der Waals surface area contributed by atoms with Gasteiger partial charge < -0.3 is 10.3 Å². The lowest BCUT2D eigenvalue weighted by atomic mass is 10.1. The average molecular weight is 398 g/mol. The summed E-state index contributed by atoms with van der Waals surface area (Å²) in [4.78, 5) is 4.94. The van der Waals surface area contributed by atoms with Crippen molar-refractivity contribution in [3.63, 3.8) is 0 Å². The number of hydrogen-bond donors (Lipinski definition) is 1. The highest BCUT2D eigenvalue weighted by atomic mass is 35.5. The molecule has 0 radical (unpaired) electrons. The molecule has 1 aromatic heterocycles. The van der Waals surface area contributed by atoms with Crippen molar-refractivity contribution in [3.8, 4) is 0 Å². The minimum Gasteiger partial charge on any atom is -0.324 e. The molecule has 9 heteroatoms. The van der Waals surface area contributed by atoms with E-state index in [1.54, 1.807) is 18.2 Å². The third-order valence-corrected chi connectivity index (χ3v) is 4.67. The summed E-state index contributed by atoms with van der Waals surface area (Å²) in [6, 6.07) is 4.86. The van der Waals surface area contributed by atoms with Crippen molar-refractivity contribution in [2.45, 2.75) is 49.0 Å². The van der Waals surface area contributed by atoms with E-state index in [4.69, 9.17) is 28.9 Å². The van der Waals surface area contributed by atoms with E-state index in [1.165, 1.54) is 0 Å². The van der Waals surface area contributed by atoms with Crippen LogP contribution >= 0.6 is 35.0 Å². The molecule has 0 aliphatic carbocycles. The Kier molecular flexibility index (Phi) is 6.12. The van der Waals surface area contributed by atoms with Crippen molar-refractivity contribution in [1.29, 1.82) is 0 Å². The van der Waals surface area contributed by atoms with Crippen molar-refractivity contribution in [1.82, 2.24) is 9.55 Å². The van der Waals surface area contributed by atoms with Gasteiger partial charge in [0.25, 0.3) is 0 Å². The van der Waals surface area contributed by atoms with Gasteiger partial charge in [-0.2, -0.15) is 13.2 Å². The maximum Gasteiger partial charge on any atom is 0.406 e. The molecule has 0 fully saturated rings. The maximum atomic E-state index is 13.0. The highest BCUT2D eigenvalue weighted by Gasteiger charge is 2.32. The van der Waals surface area contributed by atoms with Gasteiger partial charge in [-0.1, -0.05) is 48.8 Å². The highest BCUT2D eigenvalue weighted by molar-refractivity contribution is 7.99. The molecule has 0 amide bonds. The summed E-state index contributed by atoms with van der Waals surface area (Å²) >= 11 is 13.1. The van der Waals surface area contributed by atoms with Crippen LogP contribution in [0.15, 0.2) is 28.1 Å². The minimum absolute atomic E-state index is 0.0538. The zero-order valence-corrected chi connectivity index (χ0v) is 15.3. The summed E-state index contributed by atoms with van der Waals surface area (Å²) in [5.74, 6) is 0.147. The first-order valence-corrected chi connectivity index (χ1v) is 8.68. The summed E-state index contributed by atoms with van der Waals surface area (Å²) in [5, 5.41) is 1.23. The Morgan fingerprint density at radius 1 is 1.21 bits per heavy atom. The van der Waals surface area contributed by atoms with Crippen LogP contribution in [0.25, 0.3) is 0 Å². The van der Waals surface area contributed by atoms with Crippen molar-refractivity contribution in [2.24, 2.45) is 5.73 Å². The van der Waals surface area contributed by atoms with Gasteiger partial charge in [0.2, 0.25) is 0 Å². The molecule has 132 valence electrons. The summed E-state index contributed by atoms with van der Waals surface area (Å²) in [7, 11) is 0. The normalized spacial score (nSPS) is 12.2. The Balaban J connectivity index is 2.54. The van der Waals surface area contributed by atoms with E-state index in [1.807, 2.05) is 13.8 Å². The first-order chi connectivity index (χ1) is 11.1. The number of benzene rings is 1. The molecule has 0 aliphatic heterocycles. The summed E-state index contributed by atoms with van der Waals surface area (Å²) in [6.45, 7) is 2.52. The Bertz CT molecular complexity index is 709. The number of rotatable bonds is 5. The van der Waals surface area contributed by atoms with Crippen LogP contribution in [0.4, 0.5) is 13.2 Å². The Morgan fingerprint density at radius 3 is 2.25 bits per heavy atom. The van der Waals surface area contributed by atoms with Gasteiger partial charge in [0.1, 0.15) is 17.4 Å². The van der Waals surface area contributed by atoms with Gasteiger partial charge in [0.05, 0.1) is 12.2 Å². The monoisotopic (exact) mass is 397 g/mol. The van der Waals surface area contributed by atoms with E-state index in [0.29, 0.717) is 25.7 Å². The third-order valence-electron chi connectivity index (χ3n) is 3.14. The zero-order chi connectivity index (χ0) is 18.1. The van der Waals surface area contributed by atoms with Gasteiger partial charge in [-0.05, 0) is 24.1 Å². The molecule has 0 saturated heterocycles. The first kappa shape index (κ1) is 19.4. The van der Waals surface area contributed by atoms with Crippen LogP contribution in [0.2, 0.25) is 10.0 Å². The van der Waals surface area contributed by atoms with Crippen molar-refractivity contribution < 1.29 is 13.2 Å². The number of aromatic nitrogens is 2. The van der Waals surface area contributed by atoms with Gasteiger partial charge >= 0.3 is 6.18 Å². The quantitative estimate of drug-likeness (QED) is 0.725. The standard InChI is InChI=1S/C15H16Cl2F3N3S/c1-8(2)13-14(24-11-4-9(16)3-10(17)5-11)23(7-15(18,19)20)12(6-21)22-13/h3-5,8H,6-7,21H2,1-2H3. The van der Waals surface area contributed by atoms with Crippen molar-refractivity contribution >= 4 is 35.0 Å². The van der Waals surface area contributed by atoms with Gasteiger partial charge in [-0.25, -0.2) is 4.98 Å². The Hall–Kier alpha value is -0.890. The number of alkyl halides is 3. The molecular formula is C15H16Cl2F3N3S. The molecule has 1 heterocycles. The molecule has 0 aliphatic rings. The Morgan fingerprint density at radius 2 is 1.79 bits per heavy atom. The third kappa shape index (κ3) is 4.81. The number of nitrogens with two attached hydrogens (primary N) is 1. The fourth-order valence-corrected chi connectivity index (χ4v) is 4.10. The highest BCUT2D eigenvalue weighted by Crippen LogP contribution is 2.38. The van der Waals surface area contributed by atoms with Crippen molar-refractivity contribution in [2.75, 3.05) is 0 Å². The maximum absolute atomic E-state index is 13.0. The molecule has 3 nitrogen and oxygen atoms in total. The van der Waals surface area contributed by atoms with Crippen molar-refractivity contribution in [3.05, 3.63) is 39.8 Å². The van der Waals surface area contributed by atoms with Crippen LogP contribution < -0.4 is 5.73 Å². The molecular weight excluding hydrogens is 382 g/mol. The van der Waals surface area contributed by atoms with Gasteiger partial charge in [0.15, 0.2) is 0 Å². The second-order valence-electron chi connectivity index (χ2n) is 5.49. The summed E-state index contributed by atoms with van der Waals surface area (Å²) < 4.78 is 40.0. The molecule has 0 saturated carbocycles. The van der Waals surface area contributed by atoms with E-state index in [2.05, 4.69) is 4.98 Å². The first-order valence-electron chi connectivity index (χ1n) is 7.10. The molecule has 0 unspecified atom stereocenters. The number of nitrogens with zero attached hydrogens (tertiary/aromatic N) is 2. The molecule has 2 aromatic rings. The van der Waals surface area contributed by atoms with E-state index in [9.17, 15) is 13.2 Å². The second-order valence-corrected chi connectivity index (χ2v) is 7.42. The second kappa shape index (κ2) is 7.56. The zero-order valence-electron chi connectivity index (χ0n) is 13.0. The van der Waals surface area contributed by atoms with E-state index < -0.39 is 12.7 Å². The minimum atomic E-state index is -4.37. The van der Waals surface area contributed by atoms with Crippen LogP contribution in [0, 0.1) is 0 Å². The SMILES string of the molecule is CC(C)c1nc(CN)n(CC(F)(F)F)c1Sc1cc(Cl)cc(Cl)c1. The number of hydrogen-bond acceptors (Lipinski definition) is 3. The molecule has 2 rings (SSSR count). The molecule has 0 spiro atoms. The van der Waals surface area contributed by atoms with Gasteiger partial charge in [-0.3, -0.25) is 0 Å². The van der Waals surface area contributed by atoms with Crippen LogP contribution in [0.1, 0.15) is 31.3 Å². The molecule has 24 heavy (non-hydrogen) atoms. The van der Waals surface area contributed by atoms with E-state index >= 15 is 0 Å². The fourth-order valence-electron chi connectivity index (χ4n) is 2.18. The van der Waals surface area contributed by atoms with E-state index in [-0.39, 0.29) is 18.3 Å². The van der Waals surface area contributed by atoms with Crippen LogP contribution in [0.5, 0.6) is 0 Å². The molecule has 2 N–H and O–H groups in total. The van der Waals surface area contributed by atoms with Crippen LogP contribution in [-0.4, -0.2) is 15.7 Å². The number of halogens is 5. The Labute approximate surface area is 152 Å². The number of imidazole rings is 1. The lowest BCUT2D eigenvalue weighted by Gasteiger charge is -2.15. The van der Waals surface area contributed by atoms with Gasteiger partial charge in [0, 0.05) is 14.9 Å². The van der Waals surface area contributed by atoms with Crippen LogP contribution in [-0.2, 0) is 13.1 Å². The van der Waals surface area contributed by atoms with Crippen LogP contribution in [0.3, 0.4) is 0 Å². The molecule has 0 bridgehead atoms. The lowest BCUT2D eigenvalue weighted by molar-refractivity contribution is -0.142. The van der Waals surface area contributed by atoms with E-state index in [0.717, 1.165) is 16.3 Å². The average Bonchev–Trinajstić information content (AvgIpc) is 2.74. The lowest BCUT2D eigenvalue weighted by Crippen LogP contribution is -2.21.